The number of benzene rings is 2. The monoisotopic (exact) mass is 1070 g/mol. The van der Waals surface area contributed by atoms with Crippen LogP contribution in [0.5, 0.6) is 0 Å². The topological polar surface area (TPSA) is 219 Å². The van der Waals surface area contributed by atoms with Crippen molar-refractivity contribution in [1.82, 2.24) is 10.2 Å². The fourth-order valence-electron chi connectivity index (χ4n) is 11.1. The van der Waals surface area contributed by atoms with Gasteiger partial charge in [-0.1, -0.05) is 81.4 Å². The molecule has 3 fully saturated rings. The maximum Gasteiger partial charge on any atom is 0.509 e. The van der Waals surface area contributed by atoms with Gasteiger partial charge in [-0.05, 0) is 118 Å². The van der Waals surface area contributed by atoms with E-state index in [4.69, 9.17) is 47.1 Å². The van der Waals surface area contributed by atoms with Gasteiger partial charge in [-0.25, -0.2) is 9.59 Å². The van der Waals surface area contributed by atoms with Crippen LogP contribution in [0.1, 0.15) is 113 Å². The van der Waals surface area contributed by atoms with Crippen LogP contribution in [0.25, 0.3) is 0 Å². The van der Waals surface area contributed by atoms with E-state index in [0.717, 1.165) is 5.56 Å². The maximum absolute atomic E-state index is 15.0. The number of aliphatic hydroxyl groups is 3. The van der Waals surface area contributed by atoms with Gasteiger partial charge < -0.3 is 72.6 Å². The van der Waals surface area contributed by atoms with Crippen LogP contribution in [0.15, 0.2) is 60.7 Å². The van der Waals surface area contributed by atoms with Crippen molar-refractivity contribution < 1.29 is 76.8 Å². The molecule has 18 nitrogen and oxygen atoms in total. The molecule has 0 saturated carbocycles. The number of esters is 1. The molecule has 0 radical (unpaired) electrons. The van der Waals surface area contributed by atoms with E-state index in [0.29, 0.717) is 12.1 Å². The second-order valence-corrected chi connectivity index (χ2v) is 27.8. The third-order valence-electron chi connectivity index (χ3n) is 15.7. The zero-order chi connectivity index (χ0) is 55.8. The first kappa shape index (κ1) is 62.1. The first-order chi connectivity index (χ1) is 34.9. The predicted octanol–water partition coefficient (Wildman–Crippen LogP) is 7.88. The summed E-state index contributed by atoms with van der Waals surface area (Å²) in [5.41, 5.74) is -4.77. The van der Waals surface area contributed by atoms with E-state index >= 15 is 0 Å². The second-order valence-electron chi connectivity index (χ2n) is 23.3. The van der Waals surface area contributed by atoms with Gasteiger partial charge in [0.2, 0.25) is 0 Å². The quantitative estimate of drug-likeness (QED) is 0.0803. The number of cyclic esters (lactones) is 1. The SMILES string of the molecule is CC[C@H]1OC(=O)[C@H](C)[C@@](C)(O[C@@H]2C[C@](C)(OC)[C@H](O[Si](C)(C)C)[C@@H](C)O2)[C@H](C)[C@@H](O[C@@H]2O[C@H](C)C[C@@H](NC(=O)OCc3ccccc3)[C@H]2OC(=O)OCc2ccccc2)[C@](C)(O)C[C@@H](C)CN(C)[C@H](C)[C@@H](O)[C@]1(C)O. The van der Waals surface area contributed by atoms with Crippen molar-refractivity contribution in [1.29, 1.82) is 0 Å². The van der Waals surface area contributed by atoms with E-state index in [1.165, 1.54) is 6.92 Å². The van der Waals surface area contributed by atoms with Crippen LogP contribution >= 0.6 is 0 Å². The molecular formula is C56H90N2O16Si. The second kappa shape index (κ2) is 25.8. The summed E-state index contributed by atoms with van der Waals surface area (Å²) in [5.74, 6) is -3.20. The molecule has 0 aliphatic carbocycles. The molecule has 5 rings (SSSR count). The molecule has 2 aromatic rings. The third-order valence-corrected chi connectivity index (χ3v) is 16.7. The Morgan fingerprint density at radius 3 is 2.00 bits per heavy atom. The van der Waals surface area contributed by atoms with Crippen LogP contribution in [0.4, 0.5) is 9.59 Å². The number of hydrogen-bond donors (Lipinski definition) is 4. The molecular weight excluding hydrogens is 985 g/mol. The fourth-order valence-corrected chi connectivity index (χ4v) is 12.3. The summed E-state index contributed by atoms with van der Waals surface area (Å²) < 4.78 is 64.1. The number of aliphatic hydroxyl groups excluding tert-OH is 1. The highest BCUT2D eigenvalue weighted by molar-refractivity contribution is 6.69. The lowest BCUT2D eigenvalue weighted by Crippen LogP contribution is -2.64. The molecule has 424 valence electrons. The number of amides is 1. The summed E-state index contributed by atoms with van der Waals surface area (Å²) in [4.78, 5) is 44.3. The van der Waals surface area contributed by atoms with Crippen molar-refractivity contribution in [3.63, 3.8) is 0 Å². The Kier molecular flexibility index (Phi) is 21.4. The summed E-state index contributed by atoms with van der Waals surface area (Å²) in [6, 6.07) is 16.7. The minimum atomic E-state index is -2.14. The molecule has 2 aromatic carbocycles. The number of ether oxygens (including phenoxy) is 9. The molecule has 0 unspecified atom stereocenters. The van der Waals surface area contributed by atoms with Crippen molar-refractivity contribution in [3.05, 3.63) is 71.8 Å². The lowest BCUT2D eigenvalue weighted by molar-refractivity contribution is -0.333. The Hall–Kier alpha value is -3.73. The highest BCUT2D eigenvalue weighted by atomic mass is 28.4. The number of carbonyl (C=O) groups is 3. The number of carbonyl (C=O) groups excluding carboxylic acids is 3. The van der Waals surface area contributed by atoms with Crippen LogP contribution in [-0.4, -0.2) is 157 Å². The first-order valence-corrected chi connectivity index (χ1v) is 30.1. The van der Waals surface area contributed by atoms with Crippen LogP contribution in [0.3, 0.4) is 0 Å². The smallest absolute Gasteiger partial charge is 0.459 e. The van der Waals surface area contributed by atoms with E-state index in [-0.39, 0.29) is 44.8 Å². The van der Waals surface area contributed by atoms with Crippen molar-refractivity contribution in [2.75, 3.05) is 20.7 Å². The summed E-state index contributed by atoms with van der Waals surface area (Å²) >= 11 is 0. The first-order valence-electron chi connectivity index (χ1n) is 26.7. The molecule has 3 heterocycles. The molecule has 19 heteroatoms. The van der Waals surface area contributed by atoms with Crippen LogP contribution < -0.4 is 5.32 Å². The van der Waals surface area contributed by atoms with Gasteiger partial charge in [-0.2, -0.15) is 0 Å². The van der Waals surface area contributed by atoms with Crippen LogP contribution in [0.2, 0.25) is 19.6 Å². The molecule has 3 saturated heterocycles. The minimum absolute atomic E-state index is 0.0294. The van der Waals surface area contributed by atoms with Gasteiger partial charge in [0.15, 0.2) is 27.0 Å². The number of nitrogens with one attached hydrogen (secondary N) is 1. The molecule has 0 bridgehead atoms. The number of likely N-dealkylation sites (N-methyl/N-ethyl adjacent to an activating group) is 1. The molecule has 75 heavy (non-hydrogen) atoms. The van der Waals surface area contributed by atoms with E-state index in [9.17, 15) is 29.7 Å². The summed E-state index contributed by atoms with van der Waals surface area (Å²) in [6.07, 6.45) is -10.6. The van der Waals surface area contributed by atoms with Gasteiger partial charge in [0.05, 0.1) is 53.2 Å². The Balaban J connectivity index is 1.63. The number of alkyl carbamates (subject to hydrolysis) is 1. The number of nitrogens with zero attached hydrogens (tertiary/aromatic N) is 1. The van der Waals surface area contributed by atoms with E-state index in [1.54, 1.807) is 67.7 Å². The summed E-state index contributed by atoms with van der Waals surface area (Å²) in [7, 11) is 1.29. The van der Waals surface area contributed by atoms with Gasteiger partial charge in [0.1, 0.15) is 31.0 Å². The molecule has 18 atom stereocenters. The largest absolute Gasteiger partial charge is 0.509 e. The Labute approximate surface area is 446 Å². The molecule has 1 amide bonds. The predicted molar refractivity (Wildman–Crippen MR) is 283 cm³/mol. The number of methoxy groups -OCH3 is 1. The van der Waals surface area contributed by atoms with Crippen LogP contribution in [0, 0.1) is 17.8 Å². The van der Waals surface area contributed by atoms with E-state index in [1.807, 2.05) is 81.2 Å². The van der Waals surface area contributed by atoms with Gasteiger partial charge in [-0.3, -0.25) is 4.79 Å². The zero-order valence-electron chi connectivity index (χ0n) is 47.4. The van der Waals surface area contributed by atoms with Gasteiger partial charge in [-0.15, -0.1) is 0 Å². The normalized spacial score (nSPS) is 38.8. The molecule has 4 N–H and O–H groups in total. The van der Waals surface area contributed by atoms with Crippen molar-refractivity contribution >= 4 is 26.5 Å². The van der Waals surface area contributed by atoms with Gasteiger partial charge >= 0.3 is 18.2 Å². The zero-order valence-corrected chi connectivity index (χ0v) is 48.4. The minimum Gasteiger partial charge on any atom is -0.459 e. The van der Waals surface area contributed by atoms with E-state index in [2.05, 4.69) is 25.0 Å². The van der Waals surface area contributed by atoms with Crippen molar-refractivity contribution in [3.8, 4) is 0 Å². The molecule has 3 aliphatic rings. The Morgan fingerprint density at radius 2 is 1.44 bits per heavy atom. The summed E-state index contributed by atoms with van der Waals surface area (Å²) in [5, 5.41) is 40.0. The Bertz CT molecular complexity index is 2130. The standard InChI is InChI=1S/C56H90N2O16Si/c1-17-43-55(10,64)46(59)38(6)58(12)31-34(2)29-53(8,63)47(36(4)56(11,37(5)49(60)70-43)73-44-30-54(9,65-13)48(39(7)69-44)74-75(14,15)16)72-50-45(71-52(62)67-33-41-26-22-19-23-27-41)42(28-35(3)68-50)57-51(61)66-32-40-24-20-18-21-25-40/h18-27,34-39,42-48,50,59,63-64H,17,28-33H2,1-16H3,(H,57,61)/t34-,35-,36-,37+,38-,39-,42-,43-,44-,45-,46-,47-,48-,50+,53-,54+,55-,56+/m1/s1. The van der Waals surface area contributed by atoms with Crippen LogP contribution in [-0.2, 0) is 65.1 Å². The Morgan fingerprint density at radius 1 is 0.853 bits per heavy atom. The highest BCUT2D eigenvalue weighted by Gasteiger charge is 2.58. The van der Waals surface area contributed by atoms with Gasteiger partial charge in [0.25, 0.3) is 0 Å². The lowest BCUT2D eigenvalue weighted by atomic mass is 9.71. The van der Waals surface area contributed by atoms with Gasteiger partial charge in [0, 0.05) is 32.0 Å². The fraction of sp³-hybridized carbons (Fsp3) is 0.732. The lowest BCUT2D eigenvalue weighted by Gasteiger charge is -2.53. The van der Waals surface area contributed by atoms with Crippen molar-refractivity contribution in [2.24, 2.45) is 17.8 Å². The average Bonchev–Trinajstić information content (AvgIpc) is 3.34. The summed E-state index contributed by atoms with van der Waals surface area (Å²) in [6.45, 7) is 25.9. The highest BCUT2D eigenvalue weighted by Crippen LogP contribution is 2.46. The maximum atomic E-state index is 15.0. The number of rotatable bonds is 14. The van der Waals surface area contributed by atoms with Crippen molar-refractivity contribution in [2.45, 2.75) is 224 Å². The molecule has 0 spiro atoms. The van der Waals surface area contributed by atoms with E-state index < -0.39 is 128 Å². The molecule has 0 aromatic heterocycles. The molecule has 3 aliphatic heterocycles. The number of hydrogen-bond acceptors (Lipinski definition) is 17. The average molecular weight is 1080 g/mol. The third kappa shape index (κ3) is 16.0.